The molecule has 1 aliphatic heterocycles. The summed E-state index contributed by atoms with van der Waals surface area (Å²) in [6.07, 6.45) is 1.36. The first-order valence-corrected chi connectivity index (χ1v) is 8.52. The molecule has 3 heterocycles. The average Bonchev–Trinajstić information content (AvgIpc) is 3.12. The van der Waals surface area contributed by atoms with E-state index in [1.807, 2.05) is 6.07 Å². The van der Waals surface area contributed by atoms with Crippen LogP contribution in [0.3, 0.4) is 0 Å². The molecule has 0 saturated carbocycles. The largest absolute Gasteiger partial charge is 0.481 e. The quantitative estimate of drug-likeness (QED) is 0.719. The summed E-state index contributed by atoms with van der Waals surface area (Å²) < 4.78 is 3.03. The van der Waals surface area contributed by atoms with E-state index >= 15 is 0 Å². The number of fused-ring (bicyclic) bond motifs is 2. The predicted molar refractivity (Wildman–Crippen MR) is 90.1 cm³/mol. The molecule has 2 aromatic heterocycles. The summed E-state index contributed by atoms with van der Waals surface area (Å²) >= 11 is 7.40. The van der Waals surface area contributed by atoms with Crippen LogP contribution in [0.5, 0.6) is 0 Å². The third-order valence-electron chi connectivity index (χ3n) is 3.83. The fraction of sp³-hybridized carbons (Fsp3) is 0.200. The highest BCUT2D eigenvalue weighted by Gasteiger charge is 2.29. The zero-order chi connectivity index (χ0) is 16.8. The number of halogens is 1. The second-order valence-corrected chi connectivity index (χ2v) is 6.83. The van der Waals surface area contributed by atoms with E-state index in [1.54, 1.807) is 22.9 Å². The molecule has 0 radical (unpaired) electrons. The van der Waals surface area contributed by atoms with Crippen LogP contribution in [0, 0.1) is 0 Å². The fourth-order valence-corrected chi connectivity index (χ4v) is 4.09. The maximum Gasteiger partial charge on any atom is 0.305 e. The van der Waals surface area contributed by atoms with Crippen molar-refractivity contribution in [2.75, 3.05) is 5.75 Å². The SMILES string of the molecule is O=C(O)CC1CSc2nc3c(cnn3-c3cccc(Cl)c3)c(=O)n21. The Morgan fingerprint density at radius 2 is 2.29 bits per heavy atom. The lowest BCUT2D eigenvalue weighted by atomic mass is 10.2. The molecule has 4 rings (SSSR count). The van der Waals surface area contributed by atoms with Crippen LogP contribution in [-0.2, 0) is 4.79 Å². The second-order valence-electron chi connectivity index (χ2n) is 5.41. The molecular formula is C15H11ClN4O3S. The van der Waals surface area contributed by atoms with Gasteiger partial charge in [0.05, 0.1) is 24.3 Å². The van der Waals surface area contributed by atoms with Gasteiger partial charge >= 0.3 is 5.97 Å². The van der Waals surface area contributed by atoms with Crippen LogP contribution >= 0.6 is 23.4 Å². The number of rotatable bonds is 3. The minimum Gasteiger partial charge on any atom is -0.481 e. The van der Waals surface area contributed by atoms with Crippen molar-refractivity contribution in [1.82, 2.24) is 19.3 Å². The summed E-state index contributed by atoms with van der Waals surface area (Å²) in [7, 11) is 0. The highest BCUT2D eigenvalue weighted by molar-refractivity contribution is 7.99. The van der Waals surface area contributed by atoms with Crippen molar-refractivity contribution in [2.24, 2.45) is 0 Å². The van der Waals surface area contributed by atoms with Crippen LogP contribution in [0.15, 0.2) is 40.4 Å². The van der Waals surface area contributed by atoms with Gasteiger partial charge < -0.3 is 5.11 Å². The van der Waals surface area contributed by atoms with Gasteiger partial charge in [-0.15, -0.1) is 0 Å². The third-order valence-corrected chi connectivity index (χ3v) is 5.17. The Morgan fingerprint density at radius 3 is 3.04 bits per heavy atom. The molecule has 1 aliphatic rings. The summed E-state index contributed by atoms with van der Waals surface area (Å²) in [5, 5.41) is 14.7. The van der Waals surface area contributed by atoms with E-state index in [2.05, 4.69) is 10.1 Å². The standard InChI is InChI=1S/C15H11ClN4O3S/c16-8-2-1-3-9(4-8)20-13-11(6-17-20)14(23)19-10(5-12(21)22)7-24-15(19)18-13/h1-4,6,10H,5,7H2,(H,21,22). The van der Waals surface area contributed by atoms with Crippen LogP contribution in [0.25, 0.3) is 16.7 Å². The molecular weight excluding hydrogens is 352 g/mol. The van der Waals surface area contributed by atoms with E-state index in [-0.39, 0.29) is 18.0 Å². The minimum absolute atomic E-state index is 0.102. The van der Waals surface area contributed by atoms with E-state index in [1.165, 1.54) is 22.5 Å². The molecule has 3 aromatic rings. The monoisotopic (exact) mass is 362 g/mol. The Labute approximate surface area is 144 Å². The molecule has 24 heavy (non-hydrogen) atoms. The van der Waals surface area contributed by atoms with E-state index in [9.17, 15) is 9.59 Å². The van der Waals surface area contributed by atoms with Crippen molar-refractivity contribution in [1.29, 1.82) is 0 Å². The number of hydrogen-bond acceptors (Lipinski definition) is 5. The zero-order valence-corrected chi connectivity index (χ0v) is 13.8. The van der Waals surface area contributed by atoms with Gasteiger partial charge in [0.15, 0.2) is 10.8 Å². The van der Waals surface area contributed by atoms with Crippen LogP contribution in [-0.4, -0.2) is 36.2 Å². The Bertz CT molecular complexity index is 1030. The average molecular weight is 363 g/mol. The highest BCUT2D eigenvalue weighted by Crippen LogP contribution is 2.33. The van der Waals surface area contributed by atoms with Gasteiger partial charge in [-0.05, 0) is 18.2 Å². The van der Waals surface area contributed by atoms with Gasteiger partial charge in [-0.3, -0.25) is 14.2 Å². The number of benzene rings is 1. The van der Waals surface area contributed by atoms with Crippen molar-refractivity contribution in [3.05, 3.63) is 45.8 Å². The Morgan fingerprint density at radius 1 is 1.46 bits per heavy atom. The first-order chi connectivity index (χ1) is 11.5. The molecule has 1 unspecified atom stereocenters. The van der Waals surface area contributed by atoms with Crippen molar-refractivity contribution >= 4 is 40.4 Å². The summed E-state index contributed by atoms with van der Waals surface area (Å²) in [5.74, 6) is -0.416. The number of carbonyl (C=O) groups is 1. The summed E-state index contributed by atoms with van der Waals surface area (Å²) in [4.78, 5) is 28.3. The van der Waals surface area contributed by atoms with Crippen LogP contribution in [0.1, 0.15) is 12.5 Å². The van der Waals surface area contributed by atoms with Gasteiger partial charge in [-0.2, -0.15) is 5.10 Å². The normalized spacial score (nSPS) is 16.5. The maximum absolute atomic E-state index is 12.8. The molecule has 1 aromatic carbocycles. The third kappa shape index (κ3) is 2.38. The fourth-order valence-electron chi connectivity index (χ4n) is 2.78. The molecule has 0 amide bonds. The van der Waals surface area contributed by atoms with Crippen LogP contribution in [0.4, 0.5) is 0 Å². The molecule has 0 saturated heterocycles. The van der Waals surface area contributed by atoms with Crippen molar-refractivity contribution in [2.45, 2.75) is 17.6 Å². The number of nitrogens with zero attached hydrogens (tertiary/aromatic N) is 4. The van der Waals surface area contributed by atoms with Crippen molar-refractivity contribution in [3.63, 3.8) is 0 Å². The number of thioether (sulfide) groups is 1. The van der Waals surface area contributed by atoms with Gasteiger partial charge in [-0.25, -0.2) is 9.67 Å². The van der Waals surface area contributed by atoms with Crippen LogP contribution < -0.4 is 5.56 Å². The lowest BCUT2D eigenvalue weighted by molar-refractivity contribution is -0.137. The minimum atomic E-state index is -0.935. The van der Waals surface area contributed by atoms with Crippen molar-refractivity contribution in [3.8, 4) is 5.69 Å². The van der Waals surface area contributed by atoms with E-state index < -0.39 is 5.97 Å². The summed E-state index contributed by atoms with van der Waals surface area (Å²) in [6, 6.07) is 6.72. The Balaban J connectivity index is 1.90. The molecule has 0 spiro atoms. The van der Waals surface area contributed by atoms with Gasteiger partial charge in [0.1, 0.15) is 5.39 Å². The molecule has 0 aliphatic carbocycles. The number of hydrogen-bond donors (Lipinski definition) is 1. The van der Waals surface area contributed by atoms with E-state index in [0.29, 0.717) is 32.7 Å². The molecule has 0 bridgehead atoms. The van der Waals surface area contributed by atoms with Gasteiger partial charge in [0.25, 0.3) is 5.56 Å². The first-order valence-electron chi connectivity index (χ1n) is 7.15. The summed E-state index contributed by atoms with van der Waals surface area (Å²) in [6.45, 7) is 0. The maximum atomic E-state index is 12.8. The van der Waals surface area contributed by atoms with E-state index in [0.717, 1.165) is 0 Å². The van der Waals surface area contributed by atoms with Crippen molar-refractivity contribution < 1.29 is 9.90 Å². The first kappa shape index (κ1) is 15.2. The van der Waals surface area contributed by atoms with Gasteiger partial charge in [-0.1, -0.05) is 29.4 Å². The topological polar surface area (TPSA) is 90.0 Å². The molecule has 7 nitrogen and oxygen atoms in total. The predicted octanol–water partition coefficient (Wildman–Crippen LogP) is 2.36. The lowest BCUT2D eigenvalue weighted by Gasteiger charge is -2.10. The Hall–Kier alpha value is -2.32. The second kappa shape index (κ2) is 5.64. The molecule has 9 heteroatoms. The van der Waals surface area contributed by atoms with Gasteiger partial charge in [0, 0.05) is 10.8 Å². The molecule has 1 N–H and O–H groups in total. The number of carboxylic acids is 1. The van der Waals surface area contributed by atoms with E-state index in [4.69, 9.17) is 16.7 Å². The molecule has 1 atom stereocenters. The Kier molecular flexibility index (Phi) is 3.58. The summed E-state index contributed by atoms with van der Waals surface area (Å²) in [5.41, 5.74) is 0.885. The zero-order valence-electron chi connectivity index (χ0n) is 12.2. The molecule has 0 fully saturated rings. The smallest absolute Gasteiger partial charge is 0.305 e. The molecule has 122 valence electrons. The number of aliphatic carboxylic acids is 1. The number of aromatic nitrogens is 4. The highest BCUT2D eigenvalue weighted by atomic mass is 35.5. The van der Waals surface area contributed by atoms with Crippen LogP contribution in [0.2, 0.25) is 5.02 Å². The van der Waals surface area contributed by atoms with Gasteiger partial charge in [0.2, 0.25) is 0 Å². The lowest BCUT2D eigenvalue weighted by Crippen LogP contribution is -2.26. The number of carboxylic acid groups (broad SMARTS) is 1.